The Bertz CT molecular complexity index is 1050. The molecule has 0 radical (unpaired) electrons. The third-order valence-electron chi connectivity index (χ3n) is 5.68. The molecule has 11 heteroatoms. The number of amides is 1. The van der Waals surface area contributed by atoms with Gasteiger partial charge in [-0.1, -0.05) is 0 Å². The van der Waals surface area contributed by atoms with Gasteiger partial charge in [0.25, 0.3) is 5.91 Å². The minimum absolute atomic E-state index is 0.0535. The summed E-state index contributed by atoms with van der Waals surface area (Å²) in [7, 11) is 0. The highest BCUT2D eigenvalue weighted by Crippen LogP contribution is 2.37. The lowest BCUT2D eigenvalue weighted by molar-refractivity contribution is -0.129. The molecule has 0 aromatic carbocycles. The highest BCUT2D eigenvalue weighted by molar-refractivity contribution is 6.03. The highest BCUT2D eigenvalue weighted by atomic mass is 19.4. The second-order valence-corrected chi connectivity index (χ2v) is 7.95. The number of nitrogens with zero attached hydrogens (tertiary/aromatic N) is 5. The Hall–Kier alpha value is -2.95. The first-order chi connectivity index (χ1) is 14.2. The van der Waals surface area contributed by atoms with Gasteiger partial charge in [0.15, 0.2) is 5.69 Å². The van der Waals surface area contributed by atoms with E-state index in [1.165, 1.54) is 0 Å². The van der Waals surface area contributed by atoms with E-state index >= 15 is 0 Å². The minimum atomic E-state index is -4.24. The third-order valence-corrected chi connectivity index (χ3v) is 5.68. The molecule has 1 aliphatic carbocycles. The molecule has 0 unspecified atom stereocenters. The van der Waals surface area contributed by atoms with Crippen LogP contribution in [0.5, 0.6) is 0 Å². The summed E-state index contributed by atoms with van der Waals surface area (Å²) in [5.74, 6) is -0.169. The fraction of sp³-hybridized carbons (Fsp3) is 0.474. The zero-order chi connectivity index (χ0) is 21.5. The summed E-state index contributed by atoms with van der Waals surface area (Å²) in [4.78, 5) is 20.5. The summed E-state index contributed by atoms with van der Waals surface area (Å²) in [6, 6.07) is 1.74. The van der Waals surface area contributed by atoms with Gasteiger partial charge in [0.1, 0.15) is 17.7 Å². The van der Waals surface area contributed by atoms with E-state index in [1.54, 1.807) is 40.2 Å². The summed E-state index contributed by atoms with van der Waals surface area (Å²) in [6.45, 7) is 0.801. The molecule has 0 saturated heterocycles. The Labute approximate surface area is 170 Å². The van der Waals surface area contributed by atoms with Crippen molar-refractivity contribution in [3.8, 4) is 5.82 Å². The molecule has 3 heterocycles. The maximum atomic E-state index is 12.6. The average molecular weight is 421 g/mol. The number of aromatic nitrogens is 5. The molecular weight excluding hydrogens is 399 g/mol. The van der Waals surface area contributed by atoms with E-state index in [0.29, 0.717) is 42.4 Å². The Kier molecular flexibility index (Phi) is 5.00. The van der Waals surface area contributed by atoms with E-state index in [-0.39, 0.29) is 11.7 Å². The number of pyridine rings is 1. The maximum Gasteiger partial charge on any atom is 0.401 e. The first kappa shape index (κ1) is 20.3. The molecule has 160 valence electrons. The second kappa shape index (κ2) is 7.38. The van der Waals surface area contributed by atoms with Gasteiger partial charge in [-0.3, -0.25) is 14.0 Å². The van der Waals surface area contributed by atoms with Crippen molar-refractivity contribution in [1.29, 1.82) is 0 Å². The molecule has 3 N–H and O–H groups in total. The quantitative estimate of drug-likeness (QED) is 0.659. The Balaban J connectivity index is 1.61. The summed E-state index contributed by atoms with van der Waals surface area (Å²) in [5.41, 5.74) is 5.66. The standard InChI is InChI=1S/C19H22F3N7O/c1-18(25-10-19(20,21)22)4-2-13(3-5-18)29-16-12(9-26-29)8-14(27-15(16)17(23)30)28-7-6-24-11-28/h6-9,11,13,25H,2-5,10H2,1H3,(H2,23,30). The number of halogens is 3. The lowest BCUT2D eigenvalue weighted by Crippen LogP contribution is -2.49. The van der Waals surface area contributed by atoms with Crippen molar-refractivity contribution in [3.63, 3.8) is 0 Å². The molecule has 1 fully saturated rings. The van der Waals surface area contributed by atoms with Crippen molar-refractivity contribution in [2.24, 2.45) is 5.73 Å². The smallest absolute Gasteiger partial charge is 0.364 e. The lowest BCUT2D eigenvalue weighted by atomic mass is 9.80. The van der Waals surface area contributed by atoms with Crippen LogP contribution >= 0.6 is 0 Å². The highest BCUT2D eigenvalue weighted by Gasteiger charge is 2.36. The number of hydrogen-bond acceptors (Lipinski definition) is 5. The monoisotopic (exact) mass is 421 g/mol. The molecule has 3 aromatic heterocycles. The minimum Gasteiger partial charge on any atom is -0.364 e. The van der Waals surface area contributed by atoms with Crippen molar-refractivity contribution in [2.75, 3.05) is 6.54 Å². The lowest BCUT2D eigenvalue weighted by Gasteiger charge is -2.38. The molecule has 0 spiro atoms. The van der Waals surface area contributed by atoms with Crippen LogP contribution in [0.25, 0.3) is 16.7 Å². The van der Waals surface area contributed by atoms with E-state index in [9.17, 15) is 18.0 Å². The van der Waals surface area contributed by atoms with Gasteiger partial charge < -0.3 is 11.1 Å². The summed E-state index contributed by atoms with van der Waals surface area (Å²) < 4.78 is 41.1. The van der Waals surface area contributed by atoms with E-state index in [0.717, 1.165) is 0 Å². The first-order valence-corrected chi connectivity index (χ1v) is 9.63. The molecule has 4 rings (SSSR count). The van der Waals surface area contributed by atoms with Crippen molar-refractivity contribution in [1.82, 2.24) is 29.6 Å². The van der Waals surface area contributed by atoms with Crippen LogP contribution in [0.4, 0.5) is 13.2 Å². The fourth-order valence-electron chi connectivity index (χ4n) is 4.02. The number of rotatable bonds is 5. The van der Waals surface area contributed by atoms with Crippen LogP contribution in [0.15, 0.2) is 31.0 Å². The number of fused-ring (bicyclic) bond motifs is 1. The Morgan fingerprint density at radius 1 is 1.37 bits per heavy atom. The topological polar surface area (TPSA) is 104 Å². The van der Waals surface area contributed by atoms with Crippen LogP contribution < -0.4 is 11.1 Å². The number of primary amides is 1. The van der Waals surface area contributed by atoms with Crippen LogP contribution in [-0.4, -0.2) is 48.5 Å². The van der Waals surface area contributed by atoms with Crippen LogP contribution in [0.1, 0.15) is 49.1 Å². The fourth-order valence-corrected chi connectivity index (χ4v) is 4.02. The Morgan fingerprint density at radius 2 is 2.10 bits per heavy atom. The van der Waals surface area contributed by atoms with Crippen LogP contribution in [0.2, 0.25) is 0 Å². The number of alkyl halides is 3. The number of nitrogens with one attached hydrogen (secondary N) is 1. The van der Waals surface area contributed by atoms with E-state index < -0.39 is 24.2 Å². The summed E-state index contributed by atoms with van der Waals surface area (Å²) in [6.07, 6.45) is 4.65. The zero-order valence-corrected chi connectivity index (χ0v) is 16.4. The molecule has 0 bridgehead atoms. The van der Waals surface area contributed by atoms with Gasteiger partial charge >= 0.3 is 6.18 Å². The number of imidazole rings is 1. The van der Waals surface area contributed by atoms with Gasteiger partial charge in [0.05, 0.1) is 18.8 Å². The van der Waals surface area contributed by atoms with Crippen LogP contribution in [0, 0.1) is 0 Å². The summed E-state index contributed by atoms with van der Waals surface area (Å²) in [5, 5.41) is 7.82. The number of carbonyl (C=O) groups is 1. The average Bonchev–Trinajstić information content (AvgIpc) is 3.36. The molecule has 0 aliphatic heterocycles. The first-order valence-electron chi connectivity index (χ1n) is 9.63. The molecule has 1 saturated carbocycles. The van der Waals surface area contributed by atoms with Gasteiger partial charge in [-0.15, -0.1) is 0 Å². The molecule has 1 aliphatic rings. The maximum absolute atomic E-state index is 12.6. The molecular formula is C19H22F3N7O. The SMILES string of the molecule is CC1(NCC(F)(F)F)CCC(n2ncc3cc(-n4ccnc4)nc(C(N)=O)c32)CC1. The molecule has 1 amide bonds. The number of carbonyl (C=O) groups excluding carboxylic acids is 1. The molecule has 3 aromatic rings. The summed E-state index contributed by atoms with van der Waals surface area (Å²) >= 11 is 0. The van der Waals surface area contributed by atoms with Crippen molar-refractivity contribution < 1.29 is 18.0 Å². The normalized spacial score (nSPS) is 22.5. The third kappa shape index (κ3) is 4.02. The largest absolute Gasteiger partial charge is 0.401 e. The van der Waals surface area contributed by atoms with Gasteiger partial charge in [0, 0.05) is 23.3 Å². The Morgan fingerprint density at radius 3 is 2.70 bits per heavy atom. The van der Waals surface area contributed by atoms with Gasteiger partial charge in [-0.05, 0) is 38.7 Å². The molecule has 8 nitrogen and oxygen atoms in total. The molecule has 0 atom stereocenters. The van der Waals surface area contributed by atoms with Gasteiger partial charge in [0.2, 0.25) is 0 Å². The van der Waals surface area contributed by atoms with E-state index in [4.69, 9.17) is 5.73 Å². The van der Waals surface area contributed by atoms with Gasteiger partial charge in [-0.2, -0.15) is 18.3 Å². The van der Waals surface area contributed by atoms with Crippen molar-refractivity contribution >= 4 is 16.8 Å². The molecule has 30 heavy (non-hydrogen) atoms. The van der Waals surface area contributed by atoms with Crippen molar-refractivity contribution in [3.05, 3.63) is 36.7 Å². The van der Waals surface area contributed by atoms with E-state index in [2.05, 4.69) is 20.4 Å². The predicted octanol–water partition coefficient (Wildman–Crippen LogP) is 2.74. The van der Waals surface area contributed by atoms with Crippen LogP contribution in [-0.2, 0) is 0 Å². The number of hydrogen-bond donors (Lipinski definition) is 2. The number of nitrogens with two attached hydrogens (primary N) is 1. The zero-order valence-electron chi connectivity index (χ0n) is 16.4. The second-order valence-electron chi connectivity index (χ2n) is 7.95. The van der Waals surface area contributed by atoms with Crippen molar-refractivity contribution in [2.45, 2.75) is 50.4 Å². The predicted molar refractivity (Wildman–Crippen MR) is 103 cm³/mol. The van der Waals surface area contributed by atoms with Gasteiger partial charge in [-0.25, -0.2) is 9.97 Å². The van der Waals surface area contributed by atoms with E-state index in [1.807, 2.05) is 6.92 Å². The van der Waals surface area contributed by atoms with Crippen LogP contribution in [0.3, 0.4) is 0 Å².